The molecule has 0 spiro atoms. The molecular formula is C20H16N4O5S. The summed E-state index contributed by atoms with van der Waals surface area (Å²) < 4.78 is 33.7. The lowest BCUT2D eigenvalue weighted by molar-refractivity contribution is 0.102. The summed E-state index contributed by atoms with van der Waals surface area (Å²) in [4.78, 5) is 12.4. The number of rotatable bonds is 4. The molecule has 1 amide bonds. The Morgan fingerprint density at radius 3 is 2.37 bits per heavy atom. The summed E-state index contributed by atoms with van der Waals surface area (Å²) in [5.74, 6) is 0.985. The van der Waals surface area contributed by atoms with Crippen LogP contribution in [0.2, 0.25) is 0 Å². The smallest absolute Gasteiger partial charge is 0.308 e. The van der Waals surface area contributed by atoms with Gasteiger partial charge in [-0.05, 0) is 49.4 Å². The van der Waals surface area contributed by atoms with Crippen LogP contribution in [0.1, 0.15) is 15.9 Å². The van der Waals surface area contributed by atoms with E-state index in [0.717, 1.165) is 5.56 Å². The molecule has 0 aliphatic heterocycles. The first kappa shape index (κ1) is 20.7. The predicted octanol–water partition coefficient (Wildman–Crippen LogP) is 4.19. The summed E-state index contributed by atoms with van der Waals surface area (Å²) in [6.45, 7) is 1.98. The van der Waals surface area contributed by atoms with Gasteiger partial charge >= 0.3 is 10.5 Å². The number of nitrogens with zero attached hydrogens (tertiary/aromatic N) is 2. The second-order valence-corrected chi connectivity index (χ2v) is 6.49. The predicted molar refractivity (Wildman–Crippen MR) is 108 cm³/mol. The normalized spacial score (nSPS) is 10.0. The molecule has 2 aromatic carbocycles. The van der Waals surface area contributed by atoms with E-state index in [4.69, 9.17) is 22.0 Å². The molecule has 0 saturated heterocycles. The molecule has 4 rings (SSSR count). The number of nitrogens with one attached hydrogen (secondary N) is 2. The monoisotopic (exact) mass is 424 g/mol. The molecule has 0 aliphatic carbocycles. The van der Waals surface area contributed by atoms with Crippen molar-refractivity contribution in [3.8, 4) is 23.1 Å². The number of carbonyl (C=O) groups is 1. The van der Waals surface area contributed by atoms with E-state index < -0.39 is 10.5 Å². The second-order valence-electron chi connectivity index (χ2n) is 6.03. The van der Waals surface area contributed by atoms with Crippen LogP contribution < -0.4 is 5.32 Å². The molecule has 2 N–H and O–H groups in total. The first-order chi connectivity index (χ1) is 14.4. The Morgan fingerprint density at radius 2 is 1.70 bits per heavy atom. The van der Waals surface area contributed by atoms with Crippen molar-refractivity contribution in [2.24, 2.45) is 0 Å². The maximum Gasteiger partial charge on any atom is 0.308 e. The average molecular weight is 424 g/mol. The van der Waals surface area contributed by atoms with E-state index in [2.05, 4.69) is 15.5 Å². The molecule has 0 fully saturated rings. The van der Waals surface area contributed by atoms with Gasteiger partial charge in [-0.15, -0.1) is 10.2 Å². The molecule has 0 bridgehead atoms. The van der Waals surface area contributed by atoms with Crippen molar-refractivity contribution < 1.29 is 22.0 Å². The van der Waals surface area contributed by atoms with Gasteiger partial charge in [-0.1, -0.05) is 23.8 Å². The van der Waals surface area contributed by atoms with Gasteiger partial charge in [-0.25, -0.2) is 0 Å². The van der Waals surface area contributed by atoms with E-state index >= 15 is 0 Å². The largest absolute Gasteiger partial charge is 0.459 e. The number of amides is 1. The lowest BCUT2D eigenvalue weighted by Gasteiger charge is -2.06. The van der Waals surface area contributed by atoms with Gasteiger partial charge in [0.25, 0.3) is 11.8 Å². The summed E-state index contributed by atoms with van der Waals surface area (Å²) in [6.07, 6.45) is 1.54. The van der Waals surface area contributed by atoms with Crippen LogP contribution in [0.25, 0.3) is 23.1 Å². The van der Waals surface area contributed by atoms with Gasteiger partial charge < -0.3 is 14.2 Å². The summed E-state index contributed by atoms with van der Waals surface area (Å²) in [6, 6.07) is 18.1. The van der Waals surface area contributed by atoms with Crippen LogP contribution in [0.15, 0.2) is 75.8 Å². The van der Waals surface area contributed by atoms with Gasteiger partial charge in [0.15, 0.2) is 5.76 Å². The topological polar surface area (TPSA) is 139 Å². The van der Waals surface area contributed by atoms with Crippen LogP contribution in [-0.4, -0.2) is 24.5 Å². The number of hydrogen-bond donors (Lipinski definition) is 2. The van der Waals surface area contributed by atoms with E-state index in [1.165, 1.54) is 0 Å². The van der Waals surface area contributed by atoms with E-state index in [-0.39, 0.29) is 5.91 Å². The van der Waals surface area contributed by atoms with Gasteiger partial charge in [0.1, 0.15) is 0 Å². The van der Waals surface area contributed by atoms with E-state index in [0.29, 0.717) is 34.4 Å². The van der Waals surface area contributed by atoms with Crippen molar-refractivity contribution in [1.29, 1.82) is 4.78 Å². The Bertz CT molecular complexity index is 1240. The molecule has 0 unspecified atom stereocenters. The number of anilines is 1. The van der Waals surface area contributed by atoms with Crippen molar-refractivity contribution in [2.45, 2.75) is 6.92 Å². The molecule has 2 heterocycles. The minimum atomic E-state index is -2.61. The molecule has 4 aromatic rings. The molecule has 30 heavy (non-hydrogen) atoms. The highest BCUT2D eigenvalue weighted by Crippen LogP contribution is 2.26. The Kier molecular flexibility index (Phi) is 6.50. The summed E-state index contributed by atoms with van der Waals surface area (Å²) >= 11 is 0. The Hall–Kier alpha value is -4.05. The Morgan fingerprint density at radius 1 is 1.00 bits per heavy atom. The molecule has 0 atom stereocenters. The lowest BCUT2D eigenvalue weighted by Crippen LogP contribution is -2.11. The van der Waals surface area contributed by atoms with Gasteiger partial charge in [-0.2, -0.15) is 13.2 Å². The fourth-order valence-corrected chi connectivity index (χ4v) is 2.48. The van der Waals surface area contributed by atoms with Crippen LogP contribution in [-0.2, 0) is 10.5 Å². The fourth-order valence-electron chi connectivity index (χ4n) is 2.48. The molecule has 9 nitrogen and oxygen atoms in total. The highest BCUT2D eigenvalue weighted by Gasteiger charge is 2.13. The zero-order valence-corrected chi connectivity index (χ0v) is 16.5. The molecule has 0 radical (unpaired) electrons. The number of carbonyl (C=O) groups excluding carboxylic acids is 1. The van der Waals surface area contributed by atoms with Crippen LogP contribution in [0.5, 0.6) is 0 Å². The third-order valence-corrected chi connectivity index (χ3v) is 3.84. The van der Waals surface area contributed by atoms with Crippen molar-refractivity contribution in [1.82, 2.24) is 10.2 Å². The Balaban J connectivity index is 0.000000589. The fraction of sp³-hybridized carbons (Fsp3) is 0.0500. The van der Waals surface area contributed by atoms with Crippen molar-refractivity contribution >= 4 is 22.1 Å². The molecule has 152 valence electrons. The van der Waals surface area contributed by atoms with Crippen molar-refractivity contribution in [3.05, 3.63) is 78.1 Å². The summed E-state index contributed by atoms with van der Waals surface area (Å²) in [5.41, 5.74) is 3.05. The number of hydrogen-bond acceptors (Lipinski definition) is 8. The highest BCUT2D eigenvalue weighted by molar-refractivity contribution is 7.60. The molecule has 10 heteroatoms. The zero-order valence-electron chi connectivity index (χ0n) is 15.7. The highest BCUT2D eigenvalue weighted by atomic mass is 32.2. The SMILES string of the molecule is Cc1ccc(C(=O)Nc2cccc(-c3nnc(-c4ccco4)o3)c2)cc1.N=S(=O)=O. The minimum absolute atomic E-state index is 0.177. The van der Waals surface area contributed by atoms with Crippen LogP contribution >= 0.6 is 0 Å². The van der Waals surface area contributed by atoms with Gasteiger partial charge in [0, 0.05) is 16.8 Å². The number of aromatic nitrogens is 2. The third kappa shape index (κ3) is 5.49. The van der Waals surface area contributed by atoms with Gasteiger partial charge in [-0.3, -0.25) is 4.79 Å². The molecule has 0 aliphatic rings. The van der Waals surface area contributed by atoms with Gasteiger partial charge in [0.05, 0.1) is 6.26 Å². The first-order valence-corrected chi connectivity index (χ1v) is 9.66. The first-order valence-electron chi connectivity index (χ1n) is 8.58. The Labute approximate surface area is 172 Å². The van der Waals surface area contributed by atoms with Gasteiger partial charge in [0.2, 0.25) is 5.89 Å². The standard InChI is InChI=1S/C20H15N3O3.HNO2S/c1-13-7-9-14(10-8-13)18(24)21-16-5-2-4-15(12-16)19-22-23-20(26-19)17-6-3-11-25-17;1-4(2)3/h2-12H,1H3,(H,21,24);1H. The maximum atomic E-state index is 12.4. The molecular weight excluding hydrogens is 408 g/mol. The zero-order chi connectivity index (χ0) is 21.5. The number of furan rings is 1. The summed E-state index contributed by atoms with van der Waals surface area (Å²) in [5, 5.41) is 10.9. The maximum absolute atomic E-state index is 12.4. The minimum Gasteiger partial charge on any atom is -0.459 e. The van der Waals surface area contributed by atoms with Crippen LogP contribution in [0, 0.1) is 11.7 Å². The summed E-state index contributed by atoms with van der Waals surface area (Å²) in [7, 11) is -2.61. The number of aryl methyl sites for hydroxylation is 1. The van der Waals surface area contributed by atoms with E-state index in [1.807, 2.05) is 31.2 Å². The van der Waals surface area contributed by atoms with Crippen molar-refractivity contribution in [2.75, 3.05) is 5.32 Å². The van der Waals surface area contributed by atoms with E-state index in [1.54, 1.807) is 42.7 Å². The van der Waals surface area contributed by atoms with Crippen LogP contribution in [0.4, 0.5) is 5.69 Å². The third-order valence-electron chi connectivity index (χ3n) is 3.84. The van der Waals surface area contributed by atoms with Crippen molar-refractivity contribution in [3.63, 3.8) is 0 Å². The number of benzene rings is 2. The molecule has 2 aromatic heterocycles. The average Bonchev–Trinajstić information content (AvgIpc) is 3.40. The van der Waals surface area contributed by atoms with E-state index in [9.17, 15) is 4.79 Å². The molecule has 0 saturated carbocycles. The van der Waals surface area contributed by atoms with Crippen LogP contribution in [0.3, 0.4) is 0 Å². The quantitative estimate of drug-likeness (QED) is 0.501. The lowest BCUT2D eigenvalue weighted by atomic mass is 10.1. The second kappa shape index (κ2) is 9.43.